The Morgan fingerprint density at radius 1 is 1.41 bits per heavy atom. The van der Waals surface area contributed by atoms with Crippen LogP contribution in [0.15, 0.2) is 12.4 Å². The van der Waals surface area contributed by atoms with E-state index in [2.05, 4.69) is 34.9 Å². The molecule has 0 spiro atoms. The minimum absolute atomic E-state index is 0.666. The summed E-state index contributed by atoms with van der Waals surface area (Å²) < 4.78 is 2.21. The molecular formula is C14H25N3. The van der Waals surface area contributed by atoms with Gasteiger partial charge in [-0.15, -0.1) is 0 Å². The second-order valence-electron chi connectivity index (χ2n) is 5.31. The van der Waals surface area contributed by atoms with Crippen LogP contribution >= 0.6 is 0 Å². The lowest BCUT2D eigenvalue weighted by molar-refractivity contribution is 0.280. The summed E-state index contributed by atoms with van der Waals surface area (Å²) in [7, 11) is 0. The summed E-state index contributed by atoms with van der Waals surface area (Å²) in [5.41, 5.74) is 0. The number of nitrogens with zero attached hydrogens (tertiary/aromatic N) is 2. The Morgan fingerprint density at radius 3 is 2.82 bits per heavy atom. The van der Waals surface area contributed by atoms with E-state index in [0.29, 0.717) is 6.04 Å². The number of nitrogens with one attached hydrogen (secondary N) is 1. The highest BCUT2D eigenvalue weighted by atomic mass is 15.1. The Bertz CT molecular complexity index is 326. The summed E-state index contributed by atoms with van der Waals surface area (Å²) in [6.45, 7) is 6.49. The van der Waals surface area contributed by atoms with Gasteiger partial charge in [-0.1, -0.05) is 19.3 Å². The van der Waals surface area contributed by atoms with E-state index in [1.807, 2.05) is 6.20 Å². The van der Waals surface area contributed by atoms with Crippen molar-refractivity contribution in [1.29, 1.82) is 0 Å². The van der Waals surface area contributed by atoms with Crippen molar-refractivity contribution in [3.8, 4) is 0 Å². The molecule has 1 N–H and O–H groups in total. The molecule has 0 aromatic carbocycles. The van der Waals surface area contributed by atoms with Gasteiger partial charge in [-0.2, -0.15) is 0 Å². The Labute approximate surface area is 105 Å². The minimum atomic E-state index is 0.666. The molecule has 3 nitrogen and oxygen atoms in total. The second kappa shape index (κ2) is 6.20. The van der Waals surface area contributed by atoms with Crippen molar-refractivity contribution < 1.29 is 0 Å². The molecule has 0 radical (unpaired) electrons. The van der Waals surface area contributed by atoms with Gasteiger partial charge in [0.15, 0.2) is 0 Å². The lowest BCUT2D eigenvalue weighted by atomic mass is 9.84. The van der Waals surface area contributed by atoms with Gasteiger partial charge in [0.2, 0.25) is 0 Å². The van der Waals surface area contributed by atoms with Gasteiger partial charge in [0.05, 0.1) is 0 Å². The third-order valence-corrected chi connectivity index (χ3v) is 4.10. The van der Waals surface area contributed by atoms with E-state index in [0.717, 1.165) is 24.8 Å². The zero-order valence-electron chi connectivity index (χ0n) is 11.2. The average molecular weight is 235 g/mol. The molecular weight excluding hydrogens is 210 g/mol. The predicted molar refractivity (Wildman–Crippen MR) is 71.0 cm³/mol. The van der Waals surface area contributed by atoms with Gasteiger partial charge in [-0.3, -0.25) is 0 Å². The number of imidazole rings is 1. The highest BCUT2D eigenvalue weighted by molar-refractivity contribution is 4.88. The quantitative estimate of drug-likeness (QED) is 0.850. The van der Waals surface area contributed by atoms with Crippen LogP contribution in [0.1, 0.15) is 44.9 Å². The average Bonchev–Trinajstić information content (AvgIpc) is 2.76. The van der Waals surface area contributed by atoms with E-state index in [-0.39, 0.29) is 0 Å². The van der Waals surface area contributed by atoms with E-state index in [9.17, 15) is 0 Å². The molecule has 1 aromatic heterocycles. The standard InChI is InChI=1S/C14H25N3/c1-12(14-6-4-3-5-7-14)15-8-10-17-11-9-16-13(17)2/h9,11-12,14-15H,3-8,10H2,1-2H3. The first kappa shape index (κ1) is 12.6. The Kier molecular flexibility index (Phi) is 4.60. The number of aryl methyl sites for hydroxylation is 1. The molecule has 0 amide bonds. The predicted octanol–water partition coefficient (Wildman–Crippen LogP) is 2.75. The molecule has 0 aliphatic heterocycles. The Balaban J connectivity index is 1.69. The van der Waals surface area contributed by atoms with Crippen LogP contribution in [0.3, 0.4) is 0 Å². The van der Waals surface area contributed by atoms with Crippen molar-refractivity contribution in [2.24, 2.45) is 5.92 Å². The monoisotopic (exact) mass is 235 g/mol. The molecule has 1 aromatic rings. The smallest absolute Gasteiger partial charge is 0.105 e. The molecule has 1 aliphatic carbocycles. The Morgan fingerprint density at radius 2 is 2.18 bits per heavy atom. The number of aromatic nitrogens is 2. The van der Waals surface area contributed by atoms with Crippen LogP contribution in [-0.2, 0) is 6.54 Å². The van der Waals surface area contributed by atoms with Crippen molar-refractivity contribution in [3.05, 3.63) is 18.2 Å². The third-order valence-electron chi connectivity index (χ3n) is 4.10. The fourth-order valence-electron chi connectivity index (χ4n) is 2.85. The molecule has 0 bridgehead atoms. The van der Waals surface area contributed by atoms with Crippen LogP contribution in [0, 0.1) is 12.8 Å². The zero-order valence-corrected chi connectivity index (χ0v) is 11.2. The van der Waals surface area contributed by atoms with Crippen LogP contribution in [0.5, 0.6) is 0 Å². The molecule has 0 saturated heterocycles. The number of rotatable bonds is 5. The summed E-state index contributed by atoms with van der Waals surface area (Å²) >= 11 is 0. The summed E-state index contributed by atoms with van der Waals surface area (Å²) in [4.78, 5) is 4.24. The van der Waals surface area contributed by atoms with Crippen molar-refractivity contribution in [1.82, 2.24) is 14.9 Å². The summed E-state index contributed by atoms with van der Waals surface area (Å²) in [5.74, 6) is 2.00. The van der Waals surface area contributed by atoms with E-state index in [1.54, 1.807) is 0 Å². The van der Waals surface area contributed by atoms with E-state index in [4.69, 9.17) is 0 Å². The molecule has 1 aliphatic rings. The topological polar surface area (TPSA) is 29.9 Å². The molecule has 1 unspecified atom stereocenters. The molecule has 1 saturated carbocycles. The largest absolute Gasteiger partial charge is 0.334 e. The first-order valence-corrected chi connectivity index (χ1v) is 6.98. The maximum absolute atomic E-state index is 4.24. The van der Waals surface area contributed by atoms with E-state index >= 15 is 0 Å². The van der Waals surface area contributed by atoms with Crippen molar-refractivity contribution in [3.63, 3.8) is 0 Å². The van der Waals surface area contributed by atoms with E-state index in [1.165, 1.54) is 32.1 Å². The molecule has 1 heterocycles. The van der Waals surface area contributed by atoms with Gasteiger partial charge in [-0.25, -0.2) is 4.98 Å². The first-order chi connectivity index (χ1) is 8.27. The maximum atomic E-state index is 4.24. The third kappa shape index (κ3) is 3.56. The van der Waals surface area contributed by atoms with Crippen molar-refractivity contribution >= 4 is 0 Å². The van der Waals surface area contributed by atoms with Crippen LogP contribution in [0.25, 0.3) is 0 Å². The van der Waals surface area contributed by atoms with E-state index < -0.39 is 0 Å². The normalized spacial score (nSPS) is 19.4. The number of hydrogen-bond acceptors (Lipinski definition) is 2. The lowest BCUT2D eigenvalue weighted by Gasteiger charge is -2.28. The van der Waals surface area contributed by atoms with Crippen LogP contribution in [-0.4, -0.2) is 22.1 Å². The summed E-state index contributed by atoms with van der Waals surface area (Å²) in [5, 5.41) is 3.67. The second-order valence-corrected chi connectivity index (χ2v) is 5.31. The fraction of sp³-hybridized carbons (Fsp3) is 0.786. The number of hydrogen-bond donors (Lipinski definition) is 1. The molecule has 96 valence electrons. The minimum Gasteiger partial charge on any atom is -0.334 e. The fourth-order valence-corrected chi connectivity index (χ4v) is 2.85. The summed E-state index contributed by atoms with van der Waals surface area (Å²) in [6, 6.07) is 0.666. The van der Waals surface area contributed by atoms with Gasteiger partial charge >= 0.3 is 0 Å². The maximum Gasteiger partial charge on any atom is 0.105 e. The molecule has 2 rings (SSSR count). The highest BCUT2D eigenvalue weighted by Gasteiger charge is 2.19. The van der Waals surface area contributed by atoms with Gasteiger partial charge in [0, 0.05) is 31.5 Å². The molecule has 1 atom stereocenters. The van der Waals surface area contributed by atoms with Gasteiger partial charge < -0.3 is 9.88 Å². The molecule has 1 fully saturated rings. The van der Waals surface area contributed by atoms with Crippen LogP contribution < -0.4 is 5.32 Å². The highest BCUT2D eigenvalue weighted by Crippen LogP contribution is 2.26. The zero-order chi connectivity index (χ0) is 12.1. The van der Waals surface area contributed by atoms with Crippen LogP contribution in [0.2, 0.25) is 0 Å². The van der Waals surface area contributed by atoms with Gasteiger partial charge in [-0.05, 0) is 32.6 Å². The molecule has 3 heteroatoms. The first-order valence-electron chi connectivity index (χ1n) is 6.98. The Hall–Kier alpha value is -0.830. The summed E-state index contributed by atoms with van der Waals surface area (Å²) in [6.07, 6.45) is 11.1. The SMILES string of the molecule is Cc1nccn1CCNC(C)C1CCCCC1. The van der Waals surface area contributed by atoms with Crippen LogP contribution in [0.4, 0.5) is 0 Å². The van der Waals surface area contributed by atoms with Gasteiger partial charge in [0.25, 0.3) is 0 Å². The van der Waals surface area contributed by atoms with Gasteiger partial charge in [0.1, 0.15) is 5.82 Å². The van der Waals surface area contributed by atoms with Crippen molar-refractivity contribution in [2.45, 2.75) is 58.5 Å². The molecule has 17 heavy (non-hydrogen) atoms. The lowest BCUT2D eigenvalue weighted by Crippen LogP contribution is -2.36. The van der Waals surface area contributed by atoms with Crippen molar-refractivity contribution in [2.75, 3.05) is 6.54 Å².